The molecule has 3 rings (SSSR count). The maximum absolute atomic E-state index is 12.7. The second kappa shape index (κ2) is 10.6. The number of aliphatic hydroxyl groups excluding tert-OH is 1. The molecule has 170 valence electrons. The Kier molecular flexibility index (Phi) is 8.14. The van der Waals surface area contributed by atoms with Gasteiger partial charge in [-0.25, -0.2) is 9.97 Å². The van der Waals surface area contributed by atoms with E-state index in [2.05, 4.69) is 9.97 Å². The molecule has 0 spiro atoms. The lowest BCUT2D eigenvalue weighted by molar-refractivity contribution is -0.137. The molecule has 0 saturated heterocycles. The van der Waals surface area contributed by atoms with Crippen LogP contribution in [0.15, 0.2) is 54.9 Å². The van der Waals surface area contributed by atoms with Crippen LogP contribution >= 0.6 is 0 Å². The van der Waals surface area contributed by atoms with Crippen LogP contribution in [0.25, 0.3) is 11.3 Å². The van der Waals surface area contributed by atoms with Gasteiger partial charge in [0.25, 0.3) is 5.91 Å². The van der Waals surface area contributed by atoms with Crippen LogP contribution in [0.4, 0.5) is 13.2 Å². The average molecular weight is 449 g/mol. The zero-order valence-electron chi connectivity index (χ0n) is 16.1. The van der Waals surface area contributed by atoms with Crippen molar-refractivity contribution in [3.05, 3.63) is 66.0 Å². The first kappa shape index (κ1) is 24.6. The van der Waals surface area contributed by atoms with Gasteiger partial charge in [0.15, 0.2) is 0 Å². The van der Waals surface area contributed by atoms with Gasteiger partial charge in [-0.15, -0.1) is 0 Å². The van der Waals surface area contributed by atoms with E-state index in [1.807, 2.05) is 0 Å². The maximum Gasteiger partial charge on any atom is 0.416 e. The lowest BCUT2D eigenvalue weighted by Crippen LogP contribution is -2.13. The molecule has 0 aliphatic rings. The second-order valence-electron chi connectivity index (χ2n) is 6.34. The molecule has 2 aromatic carbocycles. The van der Waals surface area contributed by atoms with Crippen molar-refractivity contribution in [2.75, 3.05) is 13.2 Å². The fraction of sp³-hybridized carbons (Fsp3) is 0.227. The third kappa shape index (κ3) is 5.94. The lowest BCUT2D eigenvalue weighted by atomic mass is 10.1. The third-order valence-corrected chi connectivity index (χ3v) is 4.14. The van der Waals surface area contributed by atoms with Crippen molar-refractivity contribution >= 4 is 5.91 Å². The Bertz CT molecular complexity index is 1060. The molecule has 0 atom stereocenters. The molecule has 0 unspecified atom stereocenters. The van der Waals surface area contributed by atoms with Crippen molar-refractivity contribution in [1.82, 2.24) is 9.97 Å². The molecule has 0 saturated carbocycles. The summed E-state index contributed by atoms with van der Waals surface area (Å²) in [6.07, 6.45) is -1.30. The van der Waals surface area contributed by atoms with Gasteiger partial charge in [0.05, 0.1) is 17.7 Å². The van der Waals surface area contributed by atoms with Gasteiger partial charge in [-0.1, -0.05) is 13.5 Å². The van der Waals surface area contributed by atoms with E-state index in [1.165, 1.54) is 36.7 Å². The van der Waals surface area contributed by atoms with Crippen LogP contribution in [0.2, 0.25) is 0 Å². The fourth-order valence-electron chi connectivity index (χ4n) is 2.66. The number of rotatable bonds is 8. The first-order chi connectivity index (χ1) is 14.8. The Balaban J connectivity index is 0.00000363. The van der Waals surface area contributed by atoms with Gasteiger partial charge in [-0.3, -0.25) is 4.79 Å². The molecule has 7 nitrogen and oxygen atoms in total. The van der Waals surface area contributed by atoms with Gasteiger partial charge < -0.3 is 20.3 Å². The predicted octanol–water partition coefficient (Wildman–Crippen LogP) is 4.45. The topological polar surface area (TPSA) is 108 Å². The number of benzene rings is 2. The summed E-state index contributed by atoms with van der Waals surface area (Å²) in [6, 6.07) is 8.73. The highest BCUT2D eigenvalue weighted by molar-refractivity contribution is 5.96. The molecule has 0 bridgehead atoms. The minimum atomic E-state index is -4.45. The number of carbonyl (C=O) groups excluding carboxylic acids is 1. The third-order valence-electron chi connectivity index (χ3n) is 4.14. The summed E-state index contributed by atoms with van der Waals surface area (Å²) in [5, 5.41) is 8.92. The molecule has 3 aromatic rings. The number of aliphatic hydroxyl groups is 1. The number of nitrogens with two attached hydrogens (primary N) is 1. The van der Waals surface area contributed by atoms with Crippen LogP contribution in [0, 0.1) is 0 Å². The van der Waals surface area contributed by atoms with Crippen LogP contribution in [-0.2, 0) is 6.18 Å². The van der Waals surface area contributed by atoms with E-state index >= 15 is 0 Å². The Morgan fingerprint density at radius 3 is 2.38 bits per heavy atom. The van der Waals surface area contributed by atoms with Gasteiger partial charge in [0.2, 0.25) is 5.88 Å². The number of nitrogens with zero attached hydrogens (tertiary/aromatic N) is 2. The van der Waals surface area contributed by atoms with Crippen LogP contribution in [0.3, 0.4) is 0 Å². The minimum Gasteiger partial charge on any atom is -0.493 e. The number of amides is 1. The molecule has 0 fully saturated rings. The van der Waals surface area contributed by atoms with E-state index in [0.29, 0.717) is 12.0 Å². The number of hydrogen-bond donors (Lipinski definition) is 2. The number of hydrogen-bond acceptors (Lipinski definition) is 6. The van der Waals surface area contributed by atoms with E-state index < -0.39 is 17.6 Å². The van der Waals surface area contributed by atoms with Gasteiger partial charge in [-0.05, 0) is 36.4 Å². The van der Waals surface area contributed by atoms with Crippen molar-refractivity contribution in [3.63, 3.8) is 0 Å². The zero-order valence-corrected chi connectivity index (χ0v) is 16.1. The van der Waals surface area contributed by atoms with Crippen LogP contribution < -0.4 is 15.2 Å². The molecule has 0 radical (unpaired) electrons. The van der Waals surface area contributed by atoms with E-state index in [1.54, 1.807) is 6.07 Å². The standard InChI is InChI=1S/C21H18F3N3O4.CH4/c22-21(23,24)14-3-5-15(6-4-14)31-20-18(26-8-9-27-20)13-2-7-16(19(25)29)17(12-13)30-11-1-10-28;/h2-9,12,28H,1,10-11H2,(H2,25,29);1H4. The highest BCUT2D eigenvalue weighted by Crippen LogP contribution is 2.34. The molecule has 10 heteroatoms. The van der Waals surface area contributed by atoms with Crippen molar-refractivity contribution in [3.8, 4) is 28.6 Å². The predicted molar refractivity (Wildman–Crippen MR) is 111 cm³/mol. The molecular formula is C22H22F3N3O4. The number of ether oxygens (including phenoxy) is 2. The summed E-state index contributed by atoms with van der Waals surface area (Å²) in [6.45, 7) is 0.0798. The normalized spacial score (nSPS) is 10.9. The van der Waals surface area contributed by atoms with E-state index in [-0.39, 0.29) is 49.3 Å². The summed E-state index contributed by atoms with van der Waals surface area (Å²) in [5.41, 5.74) is 5.50. The summed E-state index contributed by atoms with van der Waals surface area (Å²) in [7, 11) is 0. The summed E-state index contributed by atoms with van der Waals surface area (Å²) in [4.78, 5) is 20.0. The lowest BCUT2D eigenvalue weighted by Gasteiger charge is -2.13. The Morgan fingerprint density at radius 2 is 1.75 bits per heavy atom. The second-order valence-corrected chi connectivity index (χ2v) is 6.34. The minimum absolute atomic E-state index is 0. The van der Waals surface area contributed by atoms with Gasteiger partial charge in [0, 0.05) is 31.0 Å². The van der Waals surface area contributed by atoms with Gasteiger partial charge >= 0.3 is 6.18 Å². The molecule has 0 aliphatic carbocycles. The summed E-state index contributed by atoms with van der Waals surface area (Å²) >= 11 is 0. The van der Waals surface area contributed by atoms with Crippen molar-refractivity contribution < 1.29 is 32.5 Å². The monoisotopic (exact) mass is 449 g/mol. The molecule has 1 heterocycles. The van der Waals surface area contributed by atoms with Crippen LogP contribution in [0.1, 0.15) is 29.8 Å². The van der Waals surface area contributed by atoms with E-state index in [0.717, 1.165) is 12.1 Å². The zero-order chi connectivity index (χ0) is 22.4. The summed E-state index contributed by atoms with van der Waals surface area (Å²) < 4.78 is 49.4. The number of aromatic nitrogens is 2. The molecule has 0 aliphatic heterocycles. The van der Waals surface area contributed by atoms with Crippen molar-refractivity contribution in [2.24, 2.45) is 5.73 Å². The largest absolute Gasteiger partial charge is 0.493 e. The quantitative estimate of drug-likeness (QED) is 0.492. The van der Waals surface area contributed by atoms with Gasteiger partial charge in [-0.2, -0.15) is 13.2 Å². The number of alkyl halides is 3. The number of halogens is 3. The van der Waals surface area contributed by atoms with Crippen LogP contribution in [0.5, 0.6) is 17.4 Å². The first-order valence-electron chi connectivity index (χ1n) is 9.13. The van der Waals surface area contributed by atoms with E-state index in [4.69, 9.17) is 20.3 Å². The number of primary amides is 1. The van der Waals surface area contributed by atoms with Gasteiger partial charge in [0.1, 0.15) is 17.2 Å². The van der Waals surface area contributed by atoms with Crippen molar-refractivity contribution in [1.29, 1.82) is 0 Å². The average Bonchev–Trinajstić information content (AvgIpc) is 2.74. The van der Waals surface area contributed by atoms with Crippen LogP contribution in [-0.4, -0.2) is 34.2 Å². The van der Waals surface area contributed by atoms with E-state index in [9.17, 15) is 18.0 Å². The molecule has 1 amide bonds. The molecule has 1 aromatic heterocycles. The SMILES string of the molecule is C.NC(=O)c1ccc(-c2nccnc2Oc2ccc(C(F)(F)F)cc2)cc1OCCCO. The molecule has 3 N–H and O–H groups in total. The highest BCUT2D eigenvalue weighted by Gasteiger charge is 2.30. The Labute approximate surface area is 182 Å². The highest BCUT2D eigenvalue weighted by atomic mass is 19.4. The molecule has 32 heavy (non-hydrogen) atoms. The summed E-state index contributed by atoms with van der Waals surface area (Å²) in [5.74, 6) is -0.297. The smallest absolute Gasteiger partial charge is 0.416 e. The van der Waals surface area contributed by atoms with Crippen molar-refractivity contribution in [2.45, 2.75) is 20.0 Å². The number of carbonyl (C=O) groups is 1. The fourth-order valence-corrected chi connectivity index (χ4v) is 2.66. The maximum atomic E-state index is 12.7. The first-order valence-corrected chi connectivity index (χ1v) is 9.13. The Morgan fingerprint density at radius 1 is 1.06 bits per heavy atom. The molecular weight excluding hydrogens is 427 g/mol. The Hall–Kier alpha value is -3.66.